The highest BCUT2D eigenvalue weighted by atomic mass is 16.7. The van der Waals surface area contributed by atoms with Crippen molar-refractivity contribution >= 4 is 11.6 Å². The van der Waals surface area contributed by atoms with Gasteiger partial charge in [-0.1, -0.05) is 19.0 Å². The molecule has 3 heterocycles. The fraction of sp³-hybridized carbons (Fsp3) is 0.722. The summed E-state index contributed by atoms with van der Waals surface area (Å²) in [5, 5.41) is 11.4. The molecule has 25 heavy (non-hydrogen) atoms. The summed E-state index contributed by atoms with van der Waals surface area (Å²) in [7, 11) is 1.70. The molecule has 1 aromatic rings. The lowest BCUT2D eigenvalue weighted by Gasteiger charge is -2.25. The Bertz CT molecular complexity index is 712. The molecule has 2 unspecified atom stereocenters. The monoisotopic (exact) mass is 346 g/mol. The van der Waals surface area contributed by atoms with Gasteiger partial charge in [0.2, 0.25) is 0 Å². The SMILES string of the molecule is COC1C(C2[C@H]3CN(C(=O)c4cc(C(C)C)[nH]n4)C[C@@H]23)=NOC1(C)C. The van der Waals surface area contributed by atoms with Gasteiger partial charge in [0, 0.05) is 31.8 Å². The first-order valence-corrected chi connectivity index (χ1v) is 8.96. The van der Waals surface area contributed by atoms with E-state index in [0.717, 1.165) is 24.5 Å². The number of piperidine rings is 1. The van der Waals surface area contributed by atoms with E-state index in [1.165, 1.54) is 0 Å². The lowest BCUT2D eigenvalue weighted by Crippen LogP contribution is -2.41. The minimum atomic E-state index is -0.418. The Kier molecular flexibility index (Phi) is 3.68. The summed E-state index contributed by atoms with van der Waals surface area (Å²) in [6, 6.07) is 1.87. The number of aromatic nitrogens is 2. The number of oxime groups is 1. The zero-order chi connectivity index (χ0) is 17.9. The van der Waals surface area contributed by atoms with E-state index in [1.807, 2.05) is 24.8 Å². The van der Waals surface area contributed by atoms with Gasteiger partial charge in [-0.05, 0) is 37.7 Å². The predicted octanol–water partition coefficient (Wildman–Crippen LogP) is 2.03. The van der Waals surface area contributed by atoms with Crippen LogP contribution in [0, 0.1) is 17.8 Å². The Morgan fingerprint density at radius 3 is 2.64 bits per heavy atom. The summed E-state index contributed by atoms with van der Waals surface area (Å²) in [6.45, 7) is 9.66. The van der Waals surface area contributed by atoms with E-state index in [1.54, 1.807) is 7.11 Å². The highest BCUT2D eigenvalue weighted by Gasteiger charge is 2.63. The van der Waals surface area contributed by atoms with Crippen molar-refractivity contribution in [2.45, 2.75) is 45.3 Å². The topological polar surface area (TPSA) is 79.8 Å². The third kappa shape index (κ3) is 2.56. The smallest absolute Gasteiger partial charge is 0.274 e. The van der Waals surface area contributed by atoms with E-state index in [9.17, 15) is 4.79 Å². The lowest BCUT2D eigenvalue weighted by molar-refractivity contribution is -0.0616. The van der Waals surface area contributed by atoms with E-state index in [2.05, 4.69) is 29.2 Å². The number of nitrogens with one attached hydrogen (secondary N) is 1. The lowest BCUT2D eigenvalue weighted by atomic mass is 9.94. The van der Waals surface area contributed by atoms with E-state index in [4.69, 9.17) is 9.57 Å². The second-order valence-electron chi connectivity index (χ2n) is 8.25. The Morgan fingerprint density at radius 1 is 1.40 bits per heavy atom. The minimum Gasteiger partial charge on any atom is -0.387 e. The molecule has 0 radical (unpaired) electrons. The number of rotatable bonds is 4. The molecule has 1 saturated carbocycles. The van der Waals surface area contributed by atoms with Crippen LogP contribution in [0.1, 0.15) is 49.8 Å². The molecule has 7 heteroatoms. The molecule has 2 aliphatic heterocycles. The molecular weight excluding hydrogens is 320 g/mol. The number of H-pyrrole nitrogens is 1. The minimum absolute atomic E-state index is 0.0160. The van der Waals surface area contributed by atoms with Gasteiger partial charge >= 0.3 is 0 Å². The van der Waals surface area contributed by atoms with Gasteiger partial charge in [0.05, 0.1) is 5.71 Å². The number of aromatic amines is 1. The van der Waals surface area contributed by atoms with Gasteiger partial charge in [-0.15, -0.1) is 0 Å². The summed E-state index contributed by atoms with van der Waals surface area (Å²) >= 11 is 0. The summed E-state index contributed by atoms with van der Waals surface area (Å²) < 4.78 is 5.62. The maximum absolute atomic E-state index is 12.7. The standard InChI is InChI=1S/C18H26N4O3/c1-9(2)12-6-13(20-19-12)17(23)22-7-10-11(8-22)14(10)15-16(24-5)18(3,4)25-21-15/h6,9-11,14,16H,7-8H2,1-5H3,(H,19,20)/t10-,11+,14?,16?. The Balaban J connectivity index is 1.40. The molecular formula is C18H26N4O3. The van der Waals surface area contributed by atoms with Crippen LogP contribution in [0.15, 0.2) is 11.2 Å². The molecule has 0 spiro atoms. The van der Waals surface area contributed by atoms with Crippen LogP contribution in [0.25, 0.3) is 0 Å². The maximum Gasteiger partial charge on any atom is 0.274 e. The van der Waals surface area contributed by atoms with Crippen LogP contribution >= 0.6 is 0 Å². The Morgan fingerprint density at radius 2 is 2.08 bits per heavy atom. The largest absolute Gasteiger partial charge is 0.387 e. The van der Waals surface area contributed by atoms with E-state index >= 15 is 0 Å². The fourth-order valence-electron chi connectivity index (χ4n) is 4.30. The summed E-state index contributed by atoms with van der Waals surface area (Å²) in [4.78, 5) is 20.1. The first-order chi connectivity index (χ1) is 11.8. The van der Waals surface area contributed by atoms with Gasteiger partial charge in [-0.2, -0.15) is 5.10 Å². The molecule has 1 N–H and O–H groups in total. The third-order valence-electron chi connectivity index (χ3n) is 5.78. The van der Waals surface area contributed by atoms with E-state index < -0.39 is 5.60 Å². The first-order valence-electron chi connectivity index (χ1n) is 8.96. The van der Waals surface area contributed by atoms with Crippen molar-refractivity contribution in [3.63, 3.8) is 0 Å². The van der Waals surface area contributed by atoms with Crippen molar-refractivity contribution in [2.24, 2.45) is 22.9 Å². The zero-order valence-electron chi connectivity index (χ0n) is 15.4. The molecule has 136 valence electrons. The Hall–Kier alpha value is -1.89. The van der Waals surface area contributed by atoms with Crippen molar-refractivity contribution in [1.29, 1.82) is 0 Å². The number of hydrogen-bond donors (Lipinski definition) is 1. The van der Waals surface area contributed by atoms with Crippen LogP contribution in [0.2, 0.25) is 0 Å². The number of fused-ring (bicyclic) bond motifs is 1. The second kappa shape index (κ2) is 5.56. The maximum atomic E-state index is 12.7. The predicted molar refractivity (Wildman–Crippen MR) is 92.4 cm³/mol. The van der Waals surface area contributed by atoms with Gasteiger partial charge in [-0.3, -0.25) is 9.89 Å². The van der Waals surface area contributed by atoms with Crippen LogP contribution in [0.4, 0.5) is 0 Å². The molecule has 1 aliphatic carbocycles. The highest BCUT2D eigenvalue weighted by molar-refractivity contribution is 5.97. The van der Waals surface area contributed by atoms with Crippen molar-refractivity contribution in [2.75, 3.05) is 20.2 Å². The fourth-order valence-corrected chi connectivity index (χ4v) is 4.30. The number of nitrogens with zero attached hydrogens (tertiary/aromatic N) is 3. The molecule has 0 aromatic carbocycles. The average Bonchev–Trinajstić information content (AvgIpc) is 3.00. The zero-order valence-corrected chi connectivity index (χ0v) is 15.4. The number of likely N-dealkylation sites (tertiary alicyclic amines) is 1. The van der Waals surface area contributed by atoms with Gasteiger partial charge < -0.3 is 14.5 Å². The molecule has 1 aromatic heterocycles. The summed E-state index contributed by atoms with van der Waals surface area (Å²) in [5.41, 5.74) is 2.10. The van der Waals surface area contributed by atoms with Crippen LogP contribution in [0.3, 0.4) is 0 Å². The molecule has 2 fully saturated rings. The van der Waals surface area contributed by atoms with E-state index in [0.29, 0.717) is 29.4 Å². The number of amides is 1. The van der Waals surface area contributed by atoms with Crippen LogP contribution in [-0.2, 0) is 9.57 Å². The molecule has 4 atom stereocenters. The van der Waals surface area contributed by atoms with Crippen molar-refractivity contribution in [1.82, 2.24) is 15.1 Å². The first kappa shape index (κ1) is 16.6. The number of carbonyl (C=O) groups excluding carboxylic acids is 1. The van der Waals surface area contributed by atoms with Gasteiger partial charge in [-0.25, -0.2) is 0 Å². The van der Waals surface area contributed by atoms with Gasteiger partial charge in [0.25, 0.3) is 5.91 Å². The molecule has 4 rings (SSSR count). The quantitative estimate of drug-likeness (QED) is 0.905. The summed E-state index contributed by atoms with van der Waals surface area (Å²) in [5.74, 6) is 1.64. The molecule has 7 nitrogen and oxygen atoms in total. The number of carbonyl (C=O) groups is 1. The van der Waals surface area contributed by atoms with Crippen LogP contribution in [0.5, 0.6) is 0 Å². The normalized spacial score (nSPS) is 32.6. The molecule has 0 bridgehead atoms. The summed E-state index contributed by atoms with van der Waals surface area (Å²) in [6.07, 6.45) is -0.104. The van der Waals surface area contributed by atoms with Crippen LogP contribution in [-0.4, -0.2) is 58.6 Å². The third-order valence-corrected chi connectivity index (χ3v) is 5.78. The van der Waals surface area contributed by atoms with Crippen molar-refractivity contribution in [3.8, 4) is 0 Å². The van der Waals surface area contributed by atoms with Gasteiger partial charge in [0.15, 0.2) is 5.60 Å². The number of ether oxygens (including phenoxy) is 1. The Labute approximate surface area is 147 Å². The number of methoxy groups -OCH3 is 1. The second-order valence-corrected chi connectivity index (χ2v) is 8.25. The van der Waals surface area contributed by atoms with E-state index in [-0.39, 0.29) is 12.0 Å². The molecule has 1 amide bonds. The highest BCUT2D eigenvalue weighted by Crippen LogP contribution is 2.55. The molecule has 3 aliphatic rings. The van der Waals surface area contributed by atoms with Crippen LogP contribution < -0.4 is 0 Å². The number of hydrogen-bond acceptors (Lipinski definition) is 5. The van der Waals surface area contributed by atoms with Crippen molar-refractivity contribution < 1.29 is 14.4 Å². The molecule has 1 saturated heterocycles. The average molecular weight is 346 g/mol. The van der Waals surface area contributed by atoms with Gasteiger partial charge in [0.1, 0.15) is 11.8 Å². The van der Waals surface area contributed by atoms with Crippen molar-refractivity contribution in [3.05, 3.63) is 17.5 Å².